The fraction of sp³-hybridized carbons (Fsp3) is 0.478. The van der Waals surface area contributed by atoms with Crippen molar-refractivity contribution < 1.29 is 33.5 Å². The number of nitrogens with one attached hydrogen (secondary N) is 1. The molecule has 214 valence electrons. The van der Waals surface area contributed by atoms with Gasteiger partial charge in [-0.15, -0.1) is 0 Å². The van der Waals surface area contributed by atoms with Gasteiger partial charge in [-0.1, -0.05) is 0 Å². The van der Waals surface area contributed by atoms with Crippen molar-refractivity contribution in [3.63, 3.8) is 0 Å². The number of aromatic amines is 1. The molecular formula is C23H27FN7O7PS. The number of aliphatic hydroxyl groups is 2. The Labute approximate surface area is 230 Å². The first-order chi connectivity index (χ1) is 19.2. The highest BCUT2D eigenvalue weighted by Gasteiger charge is 2.47. The standard InChI is InChI=1S/C23H27FN7O7PS/c24-16-18(33)14(38-23(16)30-5-2-12-19(25)27-9-28-20(12)30)3-6-36-39(35,40)15-7-11(8-32)37-22(15)31-10-29-17-13(31)1-4-26-21(17)34/h1-2,4-5,9-11,14-16,18,22-23,32-33H,3,6-8H2,(H,26,34)(H,35,40)(H2,25,27,28)/t11-,14+,15+,16-,18+,22+,23+,39?/m0/s1. The second-order valence-corrected chi connectivity index (χ2v) is 13.4. The predicted molar refractivity (Wildman–Crippen MR) is 144 cm³/mol. The normalized spacial score (nSPS) is 30.4. The lowest BCUT2D eigenvalue weighted by Gasteiger charge is -2.28. The number of rotatable bonds is 8. The van der Waals surface area contributed by atoms with Crippen molar-refractivity contribution in [2.45, 2.75) is 55.4 Å². The first-order valence-corrected chi connectivity index (χ1v) is 15.3. The van der Waals surface area contributed by atoms with Gasteiger partial charge in [0.05, 0.1) is 48.3 Å². The van der Waals surface area contributed by atoms with Gasteiger partial charge in [0.1, 0.15) is 30.1 Å². The number of aliphatic hydroxyl groups excluding tert-OH is 2. The van der Waals surface area contributed by atoms with Crippen LogP contribution in [-0.2, 0) is 25.8 Å². The smallest absolute Gasteiger partial charge is 0.276 e. The maximum atomic E-state index is 15.1. The number of fused-ring (bicyclic) bond motifs is 2. The van der Waals surface area contributed by atoms with E-state index in [1.165, 1.54) is 23.4 Å². The summed E-state index contributed by atoms with van der Waals surface area (Å²) in [7, 11) is 0. The molecule has 1 unspecified atom stereocenters. The van der Waals surface area contributed by atoms with E-state index in [0.29, 0.717) is 16.6 Å². The fourth-order valence-corrected chi connectivity index (χ4v) is 7.72. The van der Waals surface area contributed by atoms with Gasteiger partial charge in [-0.2, -0.15) is 0 Å². The van der Waals surface area contributed by atoms with Crippen molar-refractivity contribution in [1.82, 2.24) is 29.1 Å². The summed E-state index contributed by atoms with van der Waals surface area (Å²) in [5, 5.41) is 20.8. The number of aromatic nitrogens is 6. The second-order valence-electron chi connectivity index (χ2n) is 9.73. The average Bonchev–Trinajstić information content (AvgIpc) is 3.71. The van der Waals surface area contributed by atoms with Crippen molar-refractivity contribution in [2.75, 3.05) is 18.9 Å². The number of nitrogens with zero attached hydrogens (tertiary/aromatic N) is 5. The molecule has 0 aliphatic carbocycles. The SMILES string of the molecule is Nc1ncnc2c1ccn2[C@@H]1O[C@H](CCOP(O)(=S)[C@@H]2C[C@@H](CO)O[C@H]2n2cnc3c(=O)[nH]ccc32)[C@@H](O)[C@@H]1F. The molecule has 6 N–H and O–H groups in total. The van der Waals surface area contributed by atoms with E-state index < -0.39 is 49.1 Å². The molecule has 14 nitrogen and oxygen atoms in total. The molecule has 0 bridgehead atoms. The van der Waals surface area contributed by atoms with Crippen LogP contribution < -0.4 is 11.3 Å². The van der Waals surface area contributed by atoms with Crippen LogP contribution in [0.4, 0.5) is 10.2 Å². The summed E-state index contributed by atoms with van der Waals surface area (Å²) in [6.07, 6.45) is -0.813. The lowest BCUT2D eigenvalue weighted by Crippen LogP contribution is -2.29. The Kier molecular flexibility index (Phi) is 7.21. The number of nitrogens with two attached hydrogens (primary N) is 1. The number of H-pyrrole nitrogens is 1. The second kappa shape index (κ2) is 10.5. The Balaban J connectivity index is 1.15. The Morgan fingerprint density at radius 1 is 1.25 bits per heavy atom. The number of nitrogen functional groups attached to an aromatic ring is 1. The van der Waals surface area contributed by atoms with E-state index in [4.69, 9.17) is 31.5 Å². The molecule has 17 heteroatoms. The average molecular weight is 596 g/mol. The maximum absolute atomic E-state index is 15.1. The van der Waals surface area contributed by atoms with Crippen LogP contribution in [0.1, 0.15) is 25.3 Å². The molecular weight excluding hydrogens is 568 g/mol. The molecule has 0 amide bonds. The van der Waals surface area contributed by atoms with E-state index in [9.17, 15) is 19.9 Å². The van der Waals surface area contributed by atoms with Crippen molar-refractivity contribution in [3.8, 4) is 0 Å². The minimum absolute atomic E-state index is 0.0401. The number of anilines is 1. The monoisotopic (exact) mass is 595 g/mol. The molecule has 4 aromatic rings. The minimum atomic E-state index is -3.58. The fourth-order valence-electron chi connectivity index (χ4n) is 5.33. The van der Waals surface area contributed by atoms with Gasteiger partial charge >= 0.3 is 0 Å². The van der Waals surface area contributed by atoms with Crippen molar-refractivity contribution in [3.05, 3.63) is 47.5 Å². The number of imidazole rings is 1. The van der Waals surface area contributed by atoms with Crippen molar-refractivity contribution in [2.24, 2.45) is 0 Å². The maximum Gasteiger partial charge on any atom is 0.276 e. The highest BCUT2D eigenvalue weighted by atomic mass is 32.5. The van der Waals surface area contributed by atoms with Gasteiger partial charge in [-0.05, 0) is 30.4 Å². The Morgan fingerprint density at radius 3 is 2.88 bits per heavy atom. The van der Waals surface area contributed by atoms with Crippen LogP contribution in [0.25, 0.3) is 22.1 Å². The Hall–Kier alpha value is -2.82. The van der Waals surface area contributed by atoms with Crippen molar-refractivity contribution >= 4 is 46.2 Å². The molecule has 0 aromatic carbocycles. The number of pyridine rings is 1. The topological polar surface area (TPSA) is 196 Å². The lowest BCUT2D eigenvalue weighted by molar-refractivity contribution is -0.0308. The van der Waals surface area contributed by atoms with E-state index in [1.807, 2.05) is 0 Å². The quantitative estimate of drug-likeness (QED) is 0.179. The molecule has 6 heterocycles. The molecule has 2 fully saturated rings. The molecule has 40 heavy (non-hydrogen) atoms. The summed E-state index contributed by atoms with van der Waals surface area (Å²) in [4.78, 5) is 38.2. The van der Waals surface area contributed by atoms with Crippen LogP contribution in [0.2, 0.25) is 0 Å². The molecule has 0 spiro atoms. The Morgan fingerprint density at radius 2 is 2.08 bits per heavy atom. The lowest BCUT2D eigenvalue weighted by atomic mass is 10.1. The third-order valence-corrected chi connectivity index (χ3v) is 10.3. The summed E-state index contributed by atoms with van der Waals surface area (Å²) in [5.41, 5.74) is 5.79. The molecule has 8 atom stereocenters. The summed E-state index contributed by atoms with van der Waals surface area (Å²) < 4.78 is 35.8. The van der Waals surface area contributed by atoms with Gasteiger partial charge < -0.3 is 49.0 Å². The molecule has 0 saturated carbocycles. The first kappa shape index (κ1) is 27.4. The largest absolute Gasteiger partial charge is 0.394 e. The van der Waals surface area contributed by atoms with Crippen LogP contribution in [0.5, 0.6) is 0 Å². The van der Waals surface area contributed by atoms with Crippen LogP contribution in [0.15, 0.2) is 42.0 Å². The van der Waals surface area contributed by atoms with Crippen LogP contribution >= 0.6 is 6.49 Å². The van der Waals surface area contributed by atoms with E-state index >= 15 is 4.39 Å². The zero-order chi connectivity index (χ0) is 28.2. The van der Waals surface area contributed by atoms with Crippen LogP contribution in [0.3, 0.4) is 0 Å². The highest BCUT2D eigenvalue weighted by Crippen LogP contribution is 2.57. The molecule has 2 saturated heterocycles. The third-order valence-electron chi connectivity index (χ3n) is 7.35. The summed E-state index contributed by atoms with van der Waals surface area (Å²) in [5.74, 6) is 0.240. The number of hydrogen-bond acceptors (Lipinski definition) is 11. The highest BCUT2D eigenvalue weighted by molar-refractivity contribution is 8.09. The minimum Gasteiger partial charge on any atom is -0.394 e. The third kappa shape index (κ3) is 4.63. The van der Waals surface area contributed by atoms with Crippen molar-refractivity contribution in [1.29, 1.82) is 0 Å². The Bertz CT molecular complexity index is 1650. The molecule has 0 radical (unpaired) electrons. The molecule has 4 aromatic heterocycles. The molecule has 2 aliphatic rings. The van der Waals surface area contributed by atoms with Gasteiger partial charge in [-0.3, -0.25) is 4.79 Å². The van der Waals surface area contributed by atoms with Crippen LogP contribution in [0, 0.1) is 0 Å². The summed E-state index contributed by atoms with van der Waals surface area (Å²) >= 11 is 5.52. The number of hydrogen-bond donors (Lipinski definition) is 5. The van der Waals surface area contributed by atoms with Gasteiger partial charge in [0, 0.05) is 18.8 Å². The van der Waals surface area contributed by atoms with E-state index in [1.54, 1.807) is 22.9 Å². The van der Waals surface area contributed by atoms with E-state index in [2.05, 4.69) is 19.9 Å². The van der Waals surface area contributed by atoms with Crippen LogP contribution in [-0.4, -0.2) is 87.5 Å². The van der Waals surface area contributed by atoms with Gasteiger partial charge in [0.25, 0.3) is 5.56 Å². The summed E-state index contributed by atoms with van der Waals surface area (Å²) in [6, 6.07) is 3.29. The van der Waals surface area contributed by atoms with Gasteiger partial charge in [-0.25, -0.2) is 19.3 Å². The molecule has 2 aliphatic heterocycles. The zero-order valence-electron chi connectivity index (χ0n) is 20.9. The first-order valence-electron chi connectivity index (χ1n) is 12.5. The van der Waals surface area contributed by atoms with E-state index in [0.717, 1.165) is 0 Å². The van der Waals surface area contributed by atoms with E-state index in [-0.39, 0.29) is 42.9 Å². The van der Waals surface area contributed by atoms with Gasteiger partial charge in [0.2, 0.25) is 0 Å². The number of ether oxygens (including phenoxy) is 2. The number of halogens is 1. The summed E-state index contributed by atoms with van der Waals surface area (Å²) in [6.45, 7) is -4.01. The zero-order valence-corrected chi connectivity index (χ0v) is 22.6. The van der Waals surface area contributed by atoms with Gasteiger partial charge in [0.15, 0.2) is 24.4 Å². The number of alkyl halides is 1. The molecule has 6 rings (SSSR count). The predicted octanol–water partition coefficient (Wildman–Crippen LogP) is 0.705.